The highest BCUT2D eigenvalue weighted by molar-refractivity contribution is 5.37. The zero-order valence-electron chi connectivity index (χ0n) is 7.38. The molecule has 0 saturated carbocycles. The van der Waals surface area contributed by atoms with Crippen molar-refractivity contribution in [3.05, 3.63) is 36.5 Å². The Labute approximate surface area is 80.5 Å². The van der Waals surface area contributed by atoms with Gasteiger partial charge in [0.05, 0.1) is 18.1 Å². The van der Waals surface area contributed by atoms with Crippen molar-refractivity contribution in [3.63, 3.8) is 0 Å². The van der Waals surface area contributed by atoms with E-state index < -0.39 is 0 Å². The van der Waals surface area contributed by atoms with Crippen LogP contribution in [0.5, 0.6) is 5.75 Å². The fraction of sp³-hybridized carbons (Fsp3) is 0.111. The number of hydrogen-bond acceptors (Lipinski definition) is 5. The van der Waals surface area contributed by atoms with Crippen molar-refractivity contribution in [2.45, 2.75) is 6.61 Å². The molecule has 0 aromatic carbocycles. The van der Waals surface area contributed by atoms with Gasteiger partial charge in [-0.15, -0.1) is 0 Å². The molecule has 0 aliphatic heterocycles. The van der Waals surface area contributed by atoms with Crippen molar-refractivity contribution < 1.29 is 9.26 Å². The zero-order valence-corrected chi connectivity index (χ0v) is 7.38. The lowest BCUT2D eigenvalue weighted by Gasteiger charge is -2.02. The molecule has 0 radical (unpaired) electrons. The number of nitrogens with zero attached hydrogens (tertiary/aromatic N) is 2. The molecule has 2 rings (SSSR count). The number of aromatic nitrogens is 2. The first-order chi connectivity index (χ1) is 6.86. The number of ether oxygens (including phenoxy) is 1. The first kappa shape index (κ1) is 8.55. The topological polar surface area (TPSA) is 74.2 Å². The number of nitrogen functional groups attached to an aromatic ring is 1. The van der Waals surface area contributed by atoms with E-state index in [9.17, 15) is 0 Å². The van der Waals surface area contributed by atoms with E-state index in [0.717, 1.165) is 0 Å². The molecule has 0 aliphatic rings. The monoisotopic (exact) mass is 191 g/mol. The smallest absolute Gasteiger partial charge is 0.196 e. The van der Waals surface area contributed by atoms with Crippen molar-refractivity contribution in [1.82, 2.24) is 10.1 Å². The third kappa shape index (κ3) is 1.82. The predicted octanol–water partition coefficient (Wildman–Crippen LogP) is 1.23. The summed E-state index contributed by atoms with van der Waals surface area (Å²) in [5, 5.41) is 3.54. The minimum Gasteiger partial charge on any atom is -0.484 e. The van der Waals surface area contributed by atoms with Gasteiger partial charge in [-0.25, -0.2) is 0 Å². The van der Waals surface area contributed by atoms with Gasteiger partial charge in [0.2, 0.25) is 0 Å². The fourth-order valence-corrected chi connectivity index (χ4v) is 0.962. The van der Waals surface area contributed by atoms with E-state index in [-0.39, 0.29) is 6.61 Å². The number of hydrogen-bond donors (Lipinski definition) is 1. The van der Waals surface area contributed by atoms with Crippen LogP contribution < -0.4 is 10.5 Å². The van der Waals surface area contributed by atoms with Gasteiger partial charge in [0.25, 0.3) is 0 Å². The van der Waals surface area contributed by atoms with E-state index in [1.807, 2.05) is 0 Å². The lowest BCUT2D eigenvalue weighted by atomic mass is 10.4. The Morgan fingerprint density at radius 1 is 1.43 bits per heavy atom. The van der Waals surface area contributed by atoms with Gasteiger partial charge in [0.1, 0.15) is 5.75 Å². The lowest BCUT2D eigenvalue weighted by Crippen LogP contribution is -1.97. The molecule has 2 heterocycles. The van der Waals surface area contributed by atoms with Gasteiger partial charge >= 0.3 is 0 Å². The standard InChI is InChI=1S/C9H9N3O2/c10-8-5-12-14-9(8)6-13-7-2-1-3-11-4-7/h1-5H,6,10H2. The van der Waals surface area contributed by atoms with Crippen LogP contribution in [0.1, 0.15) is 5.76 Å². The van der Waals surface area contributed by atoms with Gasteiger partial charge in [0, 0.05) is 6.20 Å². The van der Waals surface area contributed by atoms with Gasteiger partial charge in [-0.1, -0.05) is 5.16 Å². The Kier molecular flexibility index (Phi) is 2.31. The summed E-state index contributed by atoms with van der Waals surface area (Å²) in [6.45, 7) is 0.261. The molecule has 2 N–H and O–H groups in total. The molecule has 0 unspecified atom stereocenters. The summed E-state index contributed by atoms with van der Waals surface area (Å²) >= 11 is 0. The maximum atomic E-state index is 5.55. The second-order valence-corrected chi connectivity index (χ2v) is 2.68. The molecule has 5 nitrogen and oxygen atoms in total. The Balaban J connectivity index is 1.99. The predicted molar refractivity (Wildman–Crippen MR) is 49.5 cm³/mol. The van der Waals surface area contributed by atoms with Crippen LogP contribution in [0.2, 0.25) is 0 Å². The number of pyridine rings is 1. The lowest BCUT2D eigenvalue weighted by molar-refractivity contribution is 0.249. The SMILES string of the molecule is Nc1cnoc1COc1cccnc1. The highest BCUT2D eigenvalue weighted by Gasteiger charge is 2.04. The minimum atomic E-state index is 0.261. The quantitative estimate of drug-likeness (QED) is 0.789. The molecule has 72 valence electrons. The van der Waals surface area contributed by atoms with E-state index in [0.29, 0.717) is 17.2 Å². The van der Waals surface area contributed by atoms with Gasteiger partial charge in [-0.05, 0) is 12.1 Å². The molecule has 2 aromatic heterocycles. The minimum absolute atomic E-state index is 0.261. The maximum absolute atomic E-state index is 5.55. The van der Waals surface area contributed by atoms with Crippen LogP contribution in [0.15, 0.2) is 35.2 Å². The molecular formula is C9H9N3O2. The highest BCUT2D eigenvalue weighted by atomic mass is 16.5. The van der Waals surface area contributed by atoms with Crippen LogP contribution in [0.4, 0.5) is 5.69 Å². The van der Waals surface area contributed by atoms with E-state index in [1.165, 1.54) is 6.20 Å². The largest absolute Gasteiger partial charge is 0.484 e. The average Bonchev–Trinajstić information content (AvgIpc) is 2.63. The summed E-state index contributed by atoms with van der Waals surface area (Å²) in [5.41, 5.74) is 6.05. The normalized spacial score (nSPS) is 10.0. The molecule has 0 aliphatic carbocycles. The van der Waals surface area contributed by atoms with Crippen LogP contribution in [0.25, 0.3) is 0 Å². The van der Waals surface area contributed by atoms with E-state index in [4.69, 9.17) is 15.0 Å². The molecule has 5 heteroatoms. The third-order valence-electron chi connectivity index (χ3n) is 1.68. The van der Waals surface area contributed by atoms with Crippen molar-refractivity contribution in [3.8, 4) is 5.75 Å². The Bertz CT molecular complexity index is 399. The van der Waals surface area contributed by atoms with E-state index >= 15 is 0 Å². The highest BCUT2D eigenvalue weighted by Crippen LogP contribution is 2.14. The molecule has 0 atom stereocenters. The van der Waals surface area contributed by atoms with Gasteiger partial charge < -0.3 is 15.0 Å². The van der Waals surface area contributed by atoms with E-state index in [2.05, 4.69) is 10.1 Å². The first-order valence-corrected chi connectivity index (χ1v) is 4.08. The average molecular weight is 191 g/mol. The summed E-state index contributed by atoms with van der Waals surface area (Å²) in [6, 6.07) is 3.60. The molecule has 0 fully saturated rings. The fourth-order valence-electron chi connectivity index (χ4n) is 0.962. The van der Waals surface area contributed by atoms with Crippen LogP contribution in [0.3, 0.4) is 0 Å². The summed E-state index contributed by atoms with van der Waals surface area (Å²) < 4.78 is 10.2. The second-order valence-electron chi connectivity index (χ2n) is 2.68. The summed E-state index contributed by atoms with van der Waals surface area (Å²) in [4.78, 5) is 3.90. The van der Waals surface area contributed by atoms with Crippen LogP contribution >= 0.6 is 0 Å². The second kappa shape index (κ2) is 3.78. The Morgan fingerprint density at radius 2 is 2.36 bits per heavy atom. The summed E-state index contributed by atoms with van der Waals surface area (Å²) in [5.74, 6) is 1.19. The molecule has 0 amide bonds. The van der Waals surface area contributed by atoms with Crippen molar-refractivity contribution in [2.75, 3.05) is 5.73 Å². The molecule has 2 aromatic rings. The number of anilines is 1. The van der Waals surface area contributed by atoms with Crippen LogP contribution in [-0.2, 0) is 6.61 Å². The van der Waals surface area contributed by atoms with E-state index in [1.54, 1.807) is 24.5 Å². The van der Waals surface area contributed by atoms with Gasteiger partial charge in [-0.3, -0.25) is 4.98 Å². The van der Waals surface area contributed by atoms with Crippen LogP contribution in [-0.4, -0.2) is 10.1 Å². The third-order valence-corrected chi connectivity index (χ3v) is 1.68. The molecular weight excluding hydrogens is 182 g/mol. The Hall–Kier alpha value is -2.04. The molecule has 0 saturated heterocycles. The van der Waals surface area contributed by atoms with Gasteiger partial charge in [0.15, 0.2) is 12.4 Å². The van der Waals surface area contributed by atoms with Crippen molar-refractivity contribution in [2.24, 2.45) is 0 Å². The number of rotatable bonds is 3. The van der Waals surface area contributed by atoms with Crippen molar-refractivity contribution in [1.29, 1.82) is 0 Å². The van der Waals surface area contributed by atoms with Gasteiger partial charge in [-0.2, -0.15) is 0 Å². The Morgan fingerprint density at radius 3 is 3.00 bits per heavy atom. The summed E-state index contributed by atoms with van der Waals surface area (Å²) in [7, 11) is 0. The zero-order chi connectivity index (χ0) is 9.80. The molecule has 0 bridgehead atoms. The molecule has 14 heavy (non-hydrogen) atoms. The summed E-state index contributed by atoms with van der Waals surface area (Å²) in [6.07, 6.45) is 4.74. The maximum Gasteiger partial charge on any atom is 0.196 e. The number of nitrogens with two attached hydrogens (primary N) is 1. The first-order valence-electron chi connectivity index (χ1n) is 4.08. The van der Waals surface area contributed by atoms with Crippen molar-refractivity contribution >= 4 is 5.69 Å². The van der Waals surface area contributed by atoms with Crippen LogP contribution in [0, 0.1) is 0 Å². The molecule has 0 spiro atoms.